The summed E-state index contributed by atoms with van der Waals surface area (Å²) in [7, 11) is -3.56. The Morgan fingerprint density at radius 2 is 2.00 bits per heavy atom. The van der Waals surface area contributed by atoms with Crippen LogP contribution < -0.4 is 5.73 Å². The first-order valence-corrected chi connectivity index (χ1v) is 10.7. The number of carbonyl (C=O) groups is 1. The Bertz CT molecular complexity index is 681. The normalized spacial score (nSPS) is 19.0. The van der Waals surface area contributed by atoms with Gasteiger partial charge in [-0.1, -0.05) is 31.9 Å². The lowest BCUT2D eigenvalue weighted by atomic mass is 9.99. The molecular formula is C15H25Cl2N3O3S2. The Morgan fingerprint density at radius 3 is 2.56 bits per heavy atom. The lowest BCUT2D eigenvalue weighted by Gasteiger charge is -2.27. The molecule has 1 fully saturated rings. The molecule has 2 N–H and O–H groups in total. The average Bonchev–Trinajstić information content (AvgIpc) is 2.85. The molecule has 0 radical (unpaired) electrons. The third kappa shape index (κ3) is 5.30. The summed E-state index contributed by atoms with van der Waals surface area (Å²) in [6.45, 7) is 5.51. The first-order valence-electron chi connectivity index (χ1n) is 8.07. The van der Waals surface area contributed by atoms with E-state index in [0.717, 1.165) is 17.8 Å². The molecule has 144 valence electrons. The van der Waals surface area contributed by atoms with Crippen LogP contribution >= 0.6 is 35.3 Å². The van der Waals surface area contributed by atoms with Crippen LogP contribution in [0.2, 0.25) is 4.34 Å². The highest BCUT2D eigenvalue weighted by Crippen LogP contribution is 2.28. The Morgan fingerprint density at radius 1 is 1.32 bits per heavy atom. The molecule has 0 saturated carbocycles. The van der Waals surface area contributed by atoms with Crippen LogP contribution in [0.15, 0.2) is 16.3 Å². The highest BCUT2D eigenvalue weighted by atomic mass is 35.5. The maximum atomic E-state index is 12.7. The third-order valence-electron chi connectivity index (χ3n) is 4.45. The van der Waals surface area contributed by atoms with Crippen molar-refractivity contribution in [2.24, 2.45) is 11.7 Å². The number of sulfonamides is 1. The number of nitrogens with two attached hydrogens (primary N) is 1. The van der Waals surface area contributed by atoms with Crippen LogP contribution in [0.25, 0.3) is 0 Å². The van der Waals surface area contributed by atoms with E-state index >= 15 is 0 Å². The Kier molecular flexibility index (Phi) is 8.63. The van der Waals surface area contributed by atoms with Crippen molar-refractivity contribution in [3.05, 3.63) is 16.5 Å². The van der Waals surface area contributed by atoms with E-state index in [9.17, 15) is 13.2 Å². The van der Waals surface area contributed by atoms with Gasteiger partial charge in [-0.2, -0.15) is 4.31 Å². The standard InChI is InChI=1S/C15H24ClN3O3S2.ClH/c1-3-11(2)14(17)15(20)18-7-4-8-19(10-9-18)24(21,22)13-6-5-12(16)23-13;/h5-6,11,14H,3-4,7-10,17H2,1-2H3;1H. The van der Waals surface area contributed by atoms with E-state index in [1.165, 1.54) is 10.4 Å². The predicted octanol–water partition coefficient (Wildman–Crippen LogP) is 2.42. The summed E-state index contributed by atoms with van der Waals surface area (Å²) in [5.74, 6) is 0.0108. The second-order valence-electron chi connectivity index (χ2n) is 6.05. The van der Waals surface area contributed by atoms with E-state index in [1.54, 1.807) is 11.0 Å². The van der Waals surface area contributed by atoms with Gasteiger partial charge in [-0.3, -0.25) is 4.79 Å². The molecule has 6 nitrogen and oxygen atoms in total. The maximum Gasteiger partial charge on any atom is 0.252 e. The van der Waals surface area contributed by atoms with Crippen molar-refractivity contribution in [3.63, 3.8) is 0 Å². The molecule has 1 aromatic rings. The summed E-state index contributed by atoms with van der Waals surface area (Å²) in [5, 5.41) is 0. The third-order valence-corrected chi connectivity index (χ3v) is 8.05. The fourth-order valence-corrected chi connectivity index (χ4v) is 5.73. The molecule has 1 aliphatic rings. The molecule has 1 aliphatic heterocycles. The van der Waals surface area contributed by atoms with Gasteiger partial charge in [-0.15, -0.1) is 23.7 Å². The van der Waals surface area contributed by atoms with Gasteiger partial charge in [0, 0.05) is 26.2 Å². The molecule has 1 saturated heterocycles. The van der Waals surface area contributed by atoms with Crippen LogP contribution in [-0.4, -0.2) is 55.8 Å². The molecular weight excluding hydrogens is 405 g/mol. The van der Waals surface area contributed by atoms with Crippen molar-refractivity contribution in [2.75, 3.05) is 26.2 Å². The molecule has 1 amide bonds. The number of hydrogen-bond acceptors (Lipinski definition) is 5. The number of hydrogen-bond donors (Lipinski definition) is 1. The van der Waals surface area contributed by atoms with Crippen LogP contribution in [0.4, 0.5) is 0 Å². The zero-order valence-corrected chi connectivity index (χ0v) is 17.6. The van der Waals surface area contributed by atoms with Crippen LogP contribution in [-0.2, 0) is 14.8 Å². The first-order chi connectivity index (χ1) is 11.3. The number of rotatable bonds is 5. The number of thiophene rings is 1. The highest BCUT2D eigenvalue weighted by molar-refractivity contribution is 7.91. The van der Waals surface area contributed by atoms with Crippen LogP contribution in [0.1, 0.15) is 26.7 Å². The molecule has 0 aliphatic carbocycles. The monoisotopic (exact) mass is 429 g/mol. The van der Waals surface area contributed by atoms with Gasteiger partial charge in [0.1, 0.15) is 4.21 Å². The Labute approximate surface area is 164 Å². The van der Waals surface area contributed by atoms with Crippen molar-refractivity contribution < 1.29 is 13.2 Å². The predicted molar refractivity (Wildman–Crippen MR) is 104 cm³/mol. The van der Waals surface area contributed by atoms with E-state index in [2.05, 4.69) is 0 Å². The summed E-state index contributed by atoms with van der Waals surface area (Å²) in [5.41, 5.74) is 6.03. The molecule has 0 bridgehead atoms. The molecule has 1 aromatic heterocycles. The number of nitrogens with zero attached hydrogens (tertiary/aromatic N) is 2. The van der Waals surface area contributed by atoms with Gasteiger partial charge < -0.3 is 10.6 Å². The quantitative estimate of drug-likeness (QED) is 0.778. The van der Waals surface area contributed by atoms with Crippen molar-refractivity contribution in [2.45, 2.75) is 36.9 Å². The summed E-state index contributed by atoms with van der Waals surface area (Å²) in [6.07, 6.45) is 1.43. The molecule has 25 heavy (non-hydrogen) atoms. The van der Waals surface area contributed by atoms with Crippen molar-refractivity contribution in [1.82, 2.24) is 9.21 Å². The van der Waals surface area contributed by atoms with Crippen molar-refractivity contribution >= 4 is 51.3 Å². The minimum absolute atomic E-state index is 0. The SMILES string of the molecule is CCC(C)C(N)C(=O)N1CCCN(S(=O)(=O)c2ccc(Cl)s2)CC1.Cl. The fraction of sp³-hybridized carbons (Fsp3) is 0.667. The number of halogens is 2. The fourth-order valence-electron chi connectivity index (χ4n) is 2.63. The number of amides is 1. The van der Waals surface area contributed by atoms with E-state index in [1.807, 2.05) is 13.8 Å². The lowest BCUT2D eigenvalue weighted by molar-refractivity contribution is -0.133. The van der Waals surface area contributed by atoms with Gasteiger partial charge in [0.25, 0.3) is 10.0 Å². The summed E-state index contributed by atoms with van der Waals surface area (Å²) in [6, 6.07) is 2.57. The van der Waals surface area contributed by atoms with E-state index in [-0.39, 0.29) is 35.0 Å². The zero-order chi connectivity index (χ0) is 17.9. The van der Waals surface area contributed by atoms with E-state index in [0.29, 0.717) is 30.4 Å². The molecule has 2 atom stereocenters. The minimum atomic E-state index is -3.56. The first kappa shape index (κ1) is 22.7. The van der Waals surface area contributed by atoms with Gasteiger partial charge in [0.2, 0.25) is 5.91 Å². The Hall–Kier alpha value is -0.380. The van der Waals surface area contributed by atoms with Gasteiger partial charge >= 0.3 is 0 Å². The smallest absolute Gasteiger partial charge is 0.252 e. The van der Waals surface area contributed by atoms with Gasteiger partial charge in [0.15, 0.2) is 0 Å². The summed E-state index contributed by atoms with van der Waals surface area (Å²) >= 11 is 6.90. The highest BCUT2D eigenvalue weighted by Gasteiger charge is 2.31. The maximum absolute atomic E-state index is 12.7. The number of carbonyl (C=O) groups excluding carboxylic acids is 1. The average molecular weight is 430 g/mol. The summed E-state index contributed by atoms with van der Waals surface area (Å²) in [4.78, 5) is 14.2. The molecule has 2 rings (SSSR count). The molecule has 2 unspecified atom stereocenters. The molecule has 0 aromatic carbocycles. The van der Waals surface area contributed by atoms with Crippen LogP contribution in [0.3, 0.4) is 0 Å². The largest absolute Gasteiger partial charge is 0.340 e. The van der Waals surface area contributed by atoms with Gasteiger partial charge in [0.05, 0.1) is 10.4 Å². The van der Waals surface area contributed by atoms with Crippen LogP contribution in [0.5, 0.6) is 0 Å². The topological polar surface area (TPSA) is 83.7 Å². The van der Waals surface area contributed by atoms with Crippen LogP contribution in [0, 0.1) is 5.92 Å². The summed E-state index contributed by atoms with van der Waals surface area (Å²) < 4.78 is 27.4. The van der Waals surface area contributed by atoms with E-state index in [4.69, 9.17) is 17.3 Å². The van der Waals surface area contributed by atoms with E-state index < -0.39 is 16.1 Å². The van der Waals surface area contributed by atoms with Gasteiger partial charge in [-0.05, 0) is 24.5 Å². The molecule has 10 heteroatoms. The van der Waals surface area contributed by atoms with Crippen molar-refractivity contribution in [1.29, 1.82) is 0 Å². The lowest BCUT2D eigenvalue weighted by Crippen LogP contribution is -2.48. The second kappa shape index (κ2) is 9.53. The van der Waals surface area contributed by atoms with Gasteiger partial charge in [-0.25, -0.2) is 8.42 Å². The Balaban J connectivity index is 0.00000312. The van der Waals surface area contributed by atoms with Crippen molar-refractivity contribution in [3.8, 4) is 0 Å². The zero-order valence-electron chi connectivity index (χ0n) is 14.4. The minimum Gasteiger partial charge on any atom is -0.340 e. The molecule has 2 heterocycles. The second-order valence-corrected chi connectivity index (χ2v) is 9.93. The molecule has 0 spiro atoms.